The third-order valence-corrected chi connectivity index (χ3v) is 27.6. The van der Waals surface area contributed by atoms with Crippen LogP contribution in [0.25, 0.3) is 259 Å². The standard InChI is InChI=1S/C46H29N3.2C41H27N3/c1-3-13-31(14-4-1)43-44(48-46-39-21-10-8-18-36(39)35-17-7-9-20-38(35)45(46)47-43)32-25-23-30(24-26-32)33-27-28-42-40(29-33)37-19-11-12-22-41(37)49(42)34-15-5-2-6-16-34;1-26-39(43-41-35-21-10-7-17-31(35)30-16-6-9-20-34(30)40(41)42-26)33-19-8-5-15-29(33)27-23-24-38-36(25-27)32-18-11-12-22-37(32)44(38)28-13-3-2-4-14-28;1-26-39(43-41-35-17-8-6-14-32(35)31-13-5-7-16-34(31)40(41)42-26)28-21-19-27(20-22-28)29-23-24-38-36(25-29)33-15-9-10-18-37(33)44(38)30-11-3-2-4-12-30/h1-29H;2*2-25H,1H3. The van der Waals surface area contributed by atoms with Gasteiger partial charge in [-0.05, 0) is 171 Å². The molecule has 0 saturated heterocycles. The molecule has 9 heteroatoms. The summed E-state index contributed by atoms with van der Waals surface area (Å²) in [5.41, 5.74) is 33.1. The van der Waals surface area contributed by atoms with Crippen molar-refractivity contribution in [3.05, 3.63) is 478 Å². The molecule has 137 heavy (non-hydrogen) atoms. The van der Waals surface area contributed by atoms with Crippen LogP contribution in [0.1, 0.15) is 11.4 Å². The van der Waals surface area contributed by atoms with Crippen molar-refractivity contribution in [2.75, 3.05) is 0 Å². The zero-order valence-corrected chi connectivity index (χ0v) is 75.0. The van der Waals surface area contributed by atoms with Gasteiger partial charge in [-0.15, -0.1) is 0 Å². The van der Waals surface area contributed by atoms with E-state index in [2.05, 4.69) is 489 Å². The first-order valence-electron chi connectivity index (χ1n) is 46.7. The van der Waals surface area contributed by atoms with Crippen LogP contribution in [-0.2, 0) is 0 Å². The molecule has 0 N–H and O–H groups in total. The summed E-state index contributed by atoms with van der Waals surface area (Å²) in [4.78, 5) is 31.9. The maximum Gasteiger partial charge on any atom is 0.0979 e. The predicted molar refractivity (Wildman–Crippen MR) is 574 cm³/mol. The molecule has 6 heterocycles. The average molecular weight is 1750 g/mol. The Labute approximate surface area is 789 Å². The lowest BCUT2D eigenvalue weighted by molar-refractivity contribution is 1.18. The molecular weight excluding hydrogens is 1660 g/mol. The normalized spacial score (nSPS) is 11.7. The van der Waals surface area contributed by atoms with E-state index < -0.39 is 0 Å². The van der Waals surface area contributed by atoms with Crippen molar-refractivity contribution < 1.29 is 0 Å². The van der Waals surface area contributed by atoms with Crippen LogP contribution in [-0.4, -0.2) is 43.6 Å². The molecule has 0 amide bonds. The number of hydrogen-bond acceptors (Lipinski definition) is 6. The number of rotatable bonds is 10. The second-order valence-corrected chi connectivity index (χ2v) is 35.4. The fourth-order valence-corrected chi connectivity index (χ4v) is 21.3. The van der Waals surface area contributed by atoms with Gasteiger partial charge in [0.2, 0.25) is 0 Å². The van der Waals surface area contributed by atoms with Crippen LogP contribution in [0.15, 0.2) is 467 Å². The molecule has 28 rings (SSSR count). The number of aryl methyl sites for hydroxylation is 2. The summed E-state index contributed by atoms with van der Waals surface area (Å²) in [6.07, 6.45) is 0. The highest BCUT2D eigenvalue weighted by Crippen LogP contribution is 2.46. The van der Waals surface area contributed by atoms with Gasteiger partial charge >= 0.3 is 0 Å². The fraction of sp³-hybridized carbons (Fsp3) is 0.0156. The summed E-state index contributed by atoms with van der Waals surface area (Å²) < 4.78 is 7.06. The highest BCUT2D eigenvalue weighted by molar-refractivity contribution is 6.27. The van der Waals surface area contributed by atoms with Gasteiger partial charge in [0.1, 0.15) is 0 Å². The molecule has 0 bridgehead atoms. The van der Waals surface area contributed by atoms with Crippen LogP contribution in [0.3, 0.4) is 0 Å². The van der Waals surface area contributed by atoms with Gasteiger partial charge in [0.05, 0.1) is 100 Å². The molecule has 0 atom stereocenters. The minimum Gasteiger partial charge on any atom is -0.309 e. The third-order valence-electron chi connectivity index (χ3n) is 27.6. The molecule has 0 saturated carbocycles. The highest BCUT2D eigenvalue weighted by atomic mass is 15.0. The van der Waals surface area contributed by atoms with Crippen molar-refractivity contribution in [2.45, 2.75) is 13.8 Å². The summed E-state index contributed by atoms with van der Waals surface area (Å²) in [5.74, 6) is 0. The van der Waals surface area contributed by atoms with Gasteiger partial charge in [-0.3, -0.25) is 0 Å². The maximum atomic E-state index is 5.44. The maximum absolute atomic E-state index is 5.44. The number of benzene rings is 22. The smallest absolute Gasteiger partial charge is 0.0979 e. The molecule has 0 unspecified atom stereocenters. The molecule has 22 aromatic carbocycles. The molecule has 0 aliphatic rings. The molecule has 0 aliphatic heterocycles. The summed E-state index contributed by atoms with van der Waals surface area (Å²) in [7, 11) is 0. The Morgan fingerprint density at radius 2 is 0.358 bits per heavy atom. The summed E-state index contributed by atoms with van der Waals surface area (Å²) in [6, 6.07) is 166. The second kappa shape index (κ2) is 33.0. The minimum atomic E-state index is 0.882. The molecular formula is C128H83N9. The highest BCUT2D eigenvalue weighted by Gasteiger charge is 2.25. The molecule has 28 aromatic rings. The molecule has 0 spiro atoms. The summed E-state index contributed by atoms with van der Waals surface area (Å²) >= 11 is 0. The van der Waals surface area contributed by atoms with Gasteiger partial charge in [-0.2, -0.15) is 0 Å². The molecule has 0 aliphatic carbocycles. The van der Waals surface area contributed by atoms with E-state index >= 15 is 0 Å². The lowest BCUT2D eigenvalue weighted by Crippen LogP contribution is -1.98. The Balaban J connectivity index is 0.000000107. The number of para-hydroxylation sites is 6. The Morgan fingerprint density at radius 3 is 0.708 bits per heavy atom. The van der Waals surface area contributed by atoms with Crippen LogP contribution in [0.5, 0.6) is 0 Å². The summed E-state index contributed by atoms with van der Waals surface area (Å²) in [5, 5.41) is 21.5. The van der Waals surface area contributed by atoms with E-state index in [0.717, 1.165) is 150 Å². The SMILES string of the molecule is Cc1nc2c3ccccc3c3ccccc3c2nc1-c1ccc(-c2ccc3c(c2)c2ccccc2n3-c2ccccc2)cc1.Cc1nc2c3ccccc3c3ccccc3c2nc1-c1ccccc1-c1ccc2c(c1)c1ccccc1n2-c1ccccc1.c1ccc(-c2nc3c4ccccc4c4ccccc4c3nc2-c2ccc(-c3ccc4c(c3)c3ccccc3n4-c3ccccc3)cc2)cc1. The van der Waals surface area contributed by atoms with Crippen LogP contribution >= 0.6 is 0 Å². The predicted octanol–water partition coefficient (Wildman–Crippen LogP) is 33.4. The van der Waals surface area contributed by atoms with Gasteiger partial charge in [-0.1, -0.05) is 376 Å². The van der Waals surface area contributed by atoms with Crippen molar-refractivity contribution in [1.29, 1.82) is 0 Å². The van der Waals surface area contributed by atoms with Crippen molar-refractivity contribution >= 4 is 163 Å². The zero-order valence-electron chi connectivity index (χ0n) is 75.0. The molecule has 6 aromatic heterocycles. The quantitative estimate of drug-likeness (QED) is 0.127. The minimum absolute atomic E-state index is 0.882. The first kappa shape index (κ1) is 79.7. The van der Waals surface area contributed by atoms with E-state index in [0.29, 0.717) is 0 Å². The number of hydrogen-bond donors (Lipinski definition) is 0. The van der Waals surface area contributed by atoms with Crippen molar-refractivity contribution in [2.24, 2.45) is 0 Å². The largest absolute Gasteiger partial charge is 0.309 e. The third kappa shape index (κ3) is 13.4. The zero-order chi connectivity index (χ0) is 90.7. The van der Waals surface area contributed by atoms with E-state index in [1.807, 2.05) is 6.07 Å². The Kier molecular flexibility index (Phi) is 19.2. The van der Waals surface area contributed by atoms with E-state index in [-0.39, 0.29) is 0 Å². The molecule has 0 fully saturated rings. The molecule has 640 valence electrons. The van der Waals surface area contributed by atoms with Gasteiger partial charge < -0.3 is 13.7 Å². The van der Waals surface area contributed by atoms with Gasteiger partial charge in [0, 0.05) is 104 Å². The van der Waals surface area contributed by atoms with Crippen LogP contribution in [0.2, 0.25) is 0 Å². The molecule has 9 nitrogen and oxygen atoms in total. The summed E-state index contributed by atoms with van der Waals surface area (Å²) in [6.45, 7) is 4.15. The van der Waals surface area contributed by atoms with Crippen LogP contribution in [0, 0.1) is 13.8 Å². The fourth-order valence-electron chi connectivity index (χ4n) is 21.3. The monoisotopic (exact) mass is 1750 g/mol. The Hall–Kier alpha value is -18.2. The lowest BCUT2D eigenvalue weighted by Gasteiger charge is -2.15. The van der Waals surface area contributed by atoms with Crippen molar-refractivity contribution in [1.82, 2.24) is 43.6 Å². The van der Waals surface area contributed by atoms with Crippen molar-refractivity contribution in [3.8, 4) is 95.5 Å². The lowest BCUT2D eigenvalue weighted by atomic mass is 9.94. The first-order chi connectivity index (χ1) is 67.8. The average Bonchev–Trinajstić information content (AvgIpc) is 1.72. The van der Waals surface area contributed by atoms with Gasteiger partial charge in [0.15, 0.2) is 0 Å². The van der Waals surface area contributed by atoms with Crippen molar-refractivity contribution in [3.63, 3.8) is 0 Å². The number of fused-ring (bicyclic) bond motifs is 27. The molecule has 0 radical (unpaired) electrons. The Morgan fingerprint density at radius 1 is 0.139 bits per heavy atom. The number of aromatic nitrogens is 9. The van der Waals surface area contributed by atoms with E-state index in [1.54, 1.807) is 0 Å². The van der Waals surface area contributed by atoms with Crippen LogP contribution in [0.4, 0.5) is 0 Å². The van der Waals surface area contributed by atoms with Gasteiger partial charge in [-0.25, -0.2) is 29.9 Å². The van der Waals surface area contributed by atoms with E-state index in [9.17, 15) is 0 Å². The second-order valence-electron chi connectivity index (χ2n) is 35.4. The number of nitrogens with zero attached hydrogens (tertiary/aromatic N) is 9. The first-order valence-corrected chi connectivity index (χ1v) is 46.7. The topological polar surface area (TPSA) is 92.1 Å². The van der Waals surface area contributed by atoms with Gasteiger partial charge in [0.25, 0.3) is 0 Å². The van der Waals surface area contributed by atoms with Crippen LogP contribution < -0.4 is 0 Å². The Bertz CT molecular complexity index is 9730. The van der Waals surface area contributed by atoms with E-state index in [4.69, 9.17) is 29.9 Å². The van der Waals surface area contributed by atoms with E-state index in [1.165, 1.54) is 120 Å².